The smallest absolute Gasteiger partial charge is 0.319 e. The zero-order valence-electron chi connectivity index (χ0n) is 16.0. The largest absolute Gasteiger partial charge is 0.335 e. The maximum Gasteiger partial charge on any atom is 0.319 e. The molecule has 1 aromatic carbocycles. The first-order valence-corrected chi connectivity index (χ1v) is 10.1. The van der Waals surface area contributed by atoms with Gasteiger partial charge in [-0.25, -0.2) is 9.18 Å². The van der Waals surface area contributed by atoms with Crippen LogP contribution in [0.3, 0.4) is 0 Å². The van der Waals surface area contributed by atoms with E-state index in [0.29, 0.717) is 5.69 Å². The van der Waals surface area contributed by atoms with Crippen molar-refractivity contribution in [2.24, 2.45) is 0 Å². The van der Waals surface area contributed by atoms with Gasteiger partial charge < -0.3 is 15.2 Å². The summed E-state index contributed by atoms with van der Waals surface area (Å²) in [6.45, 7) is 3.69. The highest BCUT2D eigenvalue weighted by atomic mass is 19.1. The zero-order valence-corrected chi connectivity index (χ0v) is 16.0. The van der Waals surface area contributed by atoms with Gasteiger partial charge in [-0.1, -0.05) is 6.42 Å². The van der Waals surface area contributed by atoms with E-state index in [4.69, 9.17) is 0 Å². The van der Waals surface area contributed by atoms with Crippen molar-refractivity contribution >= 4 is 11.7 Å². The van der Waals surface area contributed by atoms with Crippen molar-refractivity contribution in [2.45, 2.75) is 57.7 Å². The Kier molecular flexibility index (Phi) is 5.85. The number of piperidine rings is 1. The number of likely N-dealkylation sites (tertiary alicyclic amines) is 1. The number of benzene rings is 1. The van der Waals surface area contributed by atoms with Gasteiger partial charge in [-0.05, 0) is 49.9 Å². The lowest BCUT2D eigenvalue weighted by Crippen LogP contribution is -2.45. The lowest BCUT2D eigenvalue weighted by molar-refractivity contribution is 0.184. The molecule has 1 fully saturated rings. The van der Waals surface area contributed by atoms with E-state index >= 15 is 0 Å². The Labute approximate surface area is 164 Å². The van der Waals surface area contributed by atoms with Gasteiger partial charge in [0.05, 0.1) is 6.54 Å². The molecule has 0 bridgehead atoms. The van der Waals surface area contributed by atoms with Crippen LogP contribution < -0.4 is 10.6 Å². The Morgan fingerprint density at radius 1 is 1.07 bits per heavy atom. The van der Waals surface area contributed by atoms with Gasteiger partial charge in [0.25, 0.3) is 0 Å². The van der Waals surface area contributed by atoms with E-state index in [1.165, 1.54) is 31.4 Å². The Morgan fingerprint density at radius 3 is 2.64 bits per heavy atom. The minimum atomic E-state index is -0.317. The van der Waals surface area contributed by atoms with Crippen LogP contribution in [0, 0.1) is 5.82 Å². The van der Waals surface area contributed by atoms with Crippen molar-refractivity contribution in [2.75, 3.05) is 18.4 Å². The summed E-state index contributed by atoms with van der Waals surface area (Å²) in [5.74, 6) is 1.88. The van der Waals surface area contributed by atoms with Crippen molar-refractivity contribution < 1.29 is 9.18 Å². The number of halogens is 1. The van der Waals surface area contributed by atoms with Crippen LogP contribution in [0.5, 0.6) is 0 Å². The molecule has 0 saturated carbocycles. The maximum atomic E-state index is 12.9. The van der Waals surface area contributed by atoms with Gasteiger partial charge >= 0.3 is 6.03 Å². The first-order valence-electron chi connectivity index (χ1n) is 10.1. The summed E-state index contributed by atoms with van der Waals surface area (Å²) < 4.78 is 15.2. The van der Waals surface area contributed by atoms with Crippen molar-refractivity contribution in [3.63, 3.8) is 0 Å². The Bertz CT molecular complexity index is 798. The minimum Gasteiger partial charge on any atom is -0.335 e. The maximum absolute atomic E-state index is 12.9. The third-order valence-electron chi connectivity index (χ3n) is 5.58. The molecule has 2 amide bonds. The molecule has 0 radical (unpaired) electrons. The van der Waals surface area contributed by atoms with Crippen LogP contribution in [0.15, 0.2) is 24.3 Å². The predicted molar refractivity (Wildman–Crippen MR) is 104 cm³/mol. The molecule has 2 N–H and O–H groups in total. The number of hydrogen-bond acceptors (Lipinski definition) is 4. The molecule has 150 valence electrons. The van der Waals surface area contributed by atoms with Crippen LogP contribution in [0.2, 0.25) is 0 Å². The highest BCUT2D eigenvalue weighted by molar-refractivity contribution is 5.89. The minimum absolute atomic E-state index is 0.146. The van der Waals surface area contributed by atoms with Crippen molar-refractivity contribution in [1.82, 2.24) is 25.0 Å². The van der Waals surface area contributed by atoms with E-state index in [-0.39, 0.29) is 17.9 Å². The van der Waals surface area contributed by atoms with Gasteiger partial charge in [0.15, 0.2) is 0 Å². The number of carbonyl (C=O) groups excluding carboxylic acids is 1. The lowest BCUT2D eigenvalue weighted by Gasteiger charge is -2.32. The fourth-order valence-corrected chi connectivity index (χ4v) is 3.98. The number of rotatable bonds is 4. The van der Waals surface area contributed by atoms with Crippen LogP contribution in [0.1, 0.15) is 43.8 Å². The quantitative estimate of drug-likeness (QED) is 0.847. The molecule has 1 saturated heterocycles. The summed E-state index contributed by atoms with van der Waals surface area (Å²) in [7, 11) is 0. The molecule has 0 spiro atoms. The molecular formula is C20H27FN6O. The second kappa shape index (κ2) is 8.68. The van der Waals surface area contributed by atoms with E-state index in [0.717, 1.165) is 57.1 Å². The number of urea groups is 1. The van der Waals surface area contributed by atoms with Crippen LogP contribution in [0.4, 0.5) is 14.9 Å². The monoisotopic (exact) mass is 386 g/mol. The number of amides is 2. The highest BCUT2D eigenvalue weighted by Crippen LogP contribution is 2.18. The summed E-state index contributed by atoms with van der Waals surface area (Å²) in [6.07, 6.45) is 6.50. The van der Waals surface area contributed by atoms with Crippen LogP contribution >= 0.6 is 0 Å². The summed E-state index contributed by atoms with van der Waals surface area (Å²) >= 11 is 0. The Hall–Kier alpha value is -2.48. The first kappa shape index (κ1) is 18.9. The molecule has 2 aromatic rings. The summed E-state index contributed by atoms with van der Waals surface area (Å²) in [6, 6.07) is 5.68. The number of anilines is 1. The summed E-state index contributed by atoms with van der Waals surface area (Å²) in [4.78, 5) is 14.5. The van der Waals surface area contributed by atoms with Crippen molar-refractivity contribution in [1.29, 1.82) is 0 Å². The van der Waals surface area contributed by atoms with E-state index < -0.39 is 0 Å². The highest BCUT2D eigenvalue weighted by Gasteiger charge is 2.23. The molecular weight excluding hydrogens is 359 g/mol. The molecule has 0 unspecified atom stereocenters. The second-order valence-corrected chi connectivity index (χ2v) is 7.65. The molecule has 2 aliphatic heterocycles. The number of nitrogens with zero attached hydrogens (tertiary/aromatic N) is 4. The van der Waals surface area contributed by atoms with Crippen molar-refractivity contribution in [3.8, 4) is 0 Å². The van der Waals surface area contributed by atoms with Gasteiger partial charge in [-0.3, -0.25) is 4.90 Å². The standard InChI is InChI=1S/C20H27FN6O/c21-15-5-7-16(8-6-15)22-20(28)23-17-9-12-26(13-10-17)14-19-25-24-18-4-2-1-3-11-27(18)19/h5-8,17H,1-4,9-14H2,(H2,22,23,28). The van der Waals surface area contributed by atoms with Gasteiger partial charge in [-0.15, -0.1) is 10.2 Å². The van der Waals surface area contributed by atoms with Gasteiger partial charge in [0.2, 0.25) is 0 Å². The average Bonchev–Trinajstić information content (AvgIpc) is 2.91. The number of aromatic nitrogens is 3. The number of hydrogen-bond donors (Lipinski definition) is 2. The predicted octanol–water partition coefficient (Wildman–Crippen LogP) is 2.93. The first-order chi connectivity index (χ1) is 13.7. The Morgan fingerprint density at radius 2 is 1.86 bits per heavy atom. The fourth-order valence-electron chi connectivity index (χ4n) is 3.98. The second-order valence-electron chi connectivity index (χ2n) is 7.65. The zero-order chi connectivity index (χ0) is 19.3. The lowest BCUT2D eigenvalue weighted by atomic mass is 10.1. The summed E-state index contributed by atoms with van der Waals surface area (Å²) in [5, 5.41) is 14.6. The normalized spacial score (nSPS) is 18.3. The molecule has 0 atom stereocenters. The van der Waals surface area contributed by atoms with Crippen LogP contribution in [0.25, 0.3) is 0 Å². The molecule has 8 heteroatoms. The molecule has 7 nitrogen and oxygen atoms in total. The van der Waals surface area contributed by atoms with Gasteiger partial charge in [0.1, 0.15) is 17.5 Å². The number of fused-ring (bicyclic) bond motifs is 1. The van der Waals surface area contributed by atoms with Crippen molar-refractivity contribution in [3.05, 3.63) is 41.7 Å². The average molecular weight is 386 g/mol. The number of aryl methyl sites for hydroxylation is 1. The van der Waals surface area contributed by atoms with Gasteiger partial charge in [0, 0.05) is 37.8 Å². The number of carbonyl (C=O) groups is 1. The summed E-state index contributed by atoms with van der Waals surface area (Å²) in [5.41, 5.74) is 0.587. The molecule has 4 rings (SSSR count). The van der Waals surface area contributed by atoms with Gasteiger partial charge in [-0.2, -0.15) is 0 Å². The van der Waals surface area contributed by atoms with E-state index in [9.17, 15) is 9.18 Å². The van der Waals surface area contributed by atoms with Crippen LogP contribution in [-0.4, -0.2) is 44.8 Å². The topological polar surface area (TPSA) is 75.1 Å². The van der Waals surface area contributed by atoms with E-state index in [1.54, 1.807) is 12.1 Å². The van der Waals surface area contributed by atoms with E-state index in [2.05, 4.69) is 30.3 Å². The SMILES string of the molecule is O=C(Nc1ccc(F)cc1)NC1CCN(Cc2nnc3n2CCCCC3)CC1. The Balaban J connectivity index is 1.24. The molecule has 0 aliphatic carbocycles. The molecule has 2 aliphatic rings. The molecule has 1 aromatic heterocycles. The van der Waals surface area contributed by atoms with Crippen LogP contribution in [-0.2, 0) is 19.5 Å². The molecule has 3 heterocycles. The molecule has 28 heavy (non-hydrogen) atoms. The third kappa shape index (κ3) is 4.67. The number of nitrogens with one attached hydrogen (secondary N) is 2. The third-order valence-corrected chi connectivity index (χ3v) is 5.58. The fraction of sp³-hybridized carbons (Fsp3) is 0.550. The van der Waals surface area contributed by atoms with E-state index in [1.807, 2.05) is 0 Å².